The lowest BCUT2D eigenvalue weighted by Gasteiger charge is -2.27. The molecule has 2 aromatic heterocycles. The van der Waals surface area contributed by atoms with Crippen molar-refractivity contribution in [1.82, 2.24) is 9.97 Å². The Balaban J connectivity index is 1.67. The summed E-state index contributed by atoms with van der Waals surface area (Å²) in [5.74, 6) is 0.519. The van der Waals surface area contributed by atoms with Gasteiger partial charge in [0.25, 0.3) is 5.91 Å². The van der Waals surface area contributed by atoms with Crippen LogP contribution in [0.5, 0.6) is 0 Å². The number of carbonyl (C=O) groups excluding carboxylic acids is 1. The minimum Gasteiger partial charge on any atom is -0.378 e. The lowest BCUT2D eigenvalue weighted by molar-refractivity contribution is 0.100. The van der Waals surface area contributed by atoms with Crippen molar-refractivity contribution in [3.8, 4) is 11.3 Å². The standard InChI is InChI=1S/C18H18N4O2/c19-18(23)14-3-1-2-12-10-15(21-17(12)14)13-4-5-16(20-11-13)22-6-8-24-9-7-22/h1-5,10-11,21H,6-9H2,(H2,19,23). The number of nitrogens with two attached hydrogens (primary N) is 1. The van der Waals surface area contributed by atoms with Crippen LogP contribution in [0.3, 0.4) is 0 Å². The van der Waals surface area contributed by atoms with Gasteiger partial charge in [-0.25, -0.2) is 4.98 Å². The number of primary amides is 1. The number of pyridine rings is 1. The van der Waals surface area contributed by atoms with Gasteiger partial charge in [0.1, 0.15) is 5.82 Å². The third kappa shape index (κ3) is 2.61. The predicted octanol–water partition coefficient (Wildman–Crippen LogP) is 2.17. The number of hydrogen-bond donors (Lipinski definition) is 2. The number of amides is 1. The number of nitrogens with zero attached hydrogens (tertiary/aromatic N) is 2. The fraction of sp³-hybridized carbons (Fsp3) is 0.222. The molecule has 3 heterocycles. The fourth-order valence-electron chi connectivity index (χ4n) is 3.04. The molecule has 0 bridgehead atoms. The van der Waals surface area contributed by atoms with E-state index in [1.807, 2.05) is 36.5 Å². The number of aromatic nitrogens is 2. The molecule has 0 unspecified atom stereocenters. The van der Waals surface area contributed by atoms with Crippen LogP contribution in [0, 0.1) is 0 Å². The normalized spacial score (nSPS) is 14.9. The molecule has 0 saturated carbocycles. The van der Waals surface area contributed by atoms with E-state index in [-0.39, 0.29) is 0 Å². The number of aromatic amines is 1. The van der Waals surface area contributed by atoms with Crippen LogP contribution in [-0.4, -0.2) is 42.2 Å². The summed E-state index contributed by atoms with van der Waals surface area (Å²) in [5, 5.41) is 0.957. The van der Waals surface area contributed by atoms with Gasteiger partial charge in [-0.05, 0) is 24.3 Å². The second-order valence-corrected chi connectivity index (χ2v) is 5.82. The molecule has 1 aliphatic heterocycles. The van der Waals surface area contributed by atoms with Crippen molar-refractivity contribution in [3.05, 3.63) is 48.2 Å². The van der Waals surface area contributed by atoms with Gasteiger partial charge in [0.2, 0.25) is 0 Å². The zero-order chi connectivity index (χ0) is 16.5. The molecule has 3 N–H and O–H groups in total. The SMILES string of the molecule is NC(=O)c1cccc2cc(-c3ccc(N4CCOCC4)nc3)[nH]c12. The molecule has 1 aromatic carbocycles. The van der Waals surface area contributed by atoms with Crippen molar-refractivity contribution >= 4 is 22.6 Å². The van der Waals surface area contributed by atoms with E-state index in [1.54, 1.807) is 6.07 Å². The first kappa shape index (κ1) is 14.7. The largest absolute Gasteiger partial charge is 0.378 e. The fourth-order valence-corrected chi connectivity index (χ4v) is 3.04. The van der Waals surface area contributed by atoms with Crippen LogP contribution in [0.4, 0.5) is 5.82 Å². The summed E-state index contributed by atoms with van der Waals surface area (Å²) in [6, 6.07) is 11.6. The first-order valence-corrected chi connectivity index (χ1v) is 7.93. The molecule has 0 aliphatic carbocycles. The molecule has 1 fully saturated rings. The van der Waals surface area contributed by atoms with Gasteiger partial charge in [0.15, 0.2) is 0 Å². The number of carbonyl (C=O) groups is 1. The van der Waals surface area contributed by atoms with Gasteiger partial charge in [-0.1, -0.05) is 12.1 Å². The number of para-hydroxylation sites is 1. The molecule has 122 valence electrons. The quantitative estimate of drug-likeness (QED) is 0.774. The van der Waals surface area contributed by atoms with Crippen molar-refractivity contribution in [2.45, 2.75) is 0 Å². The third-order valence-corrected chi connectivity index (χ3v) is 4.32. The lowest BCUT2D eigenvalue weighted by atomic mass is 10.1. The summed E-state index contributed by atoms with van der Waals surface area (Å²) in [6.07, 6.45) is 1.85. The molecule has 4 rings (SSSR count). The number of fused-ring (bicyclic) bond motifs is 1. The van der Waals surface area contributed by atoms with Crippen LogP contribution < -0.4 is 10.6 Å². The average molecular weight is 322 g/mol. The Morgan fingerprint density at radius 1 is 1.21 bits per heavy atom. The molecule has 1 saturated heterocycles. The van der Waals surface area contributed by atoms with Crippen LogP contribution >= 0.6 is 0 Å². The van der Waals surface area contributed by atoms with E-state index in [0.717, 1.165) is 54.3 Å². The van der Waals surface area contributed by atoms with Crippen molar-refractivity contribution in [2.24, 2.45) is 5.73 Å². The maximum Gasteiger partial charge on any atom is 0.250 e. The highest BCUT2D eigenvalue weighted by atomic mass is 16.5. The van der Waals surface area contributed by atoms with Crippen LogP contribution in [0.25, 0.3) is 22.2 Å². The highest BCUT2D eigenvalue weighted by Crippen LogP contribution is 2.27. The minimum absolute atomic E-state index is 0.435. The summed E-state index contributed by atoms with van der Waals surface area (Å²) >= 11 is 0. The maximum atomic E-state index is 11.6. The number of benzene rings is 1. The van der Waals surface area contributed by atoms with E-state index in [9.17, 15) is 4.79 Å². The minimum atomic E-state index is -0.435. The van der Waals surface area contributed by atoms with Crippen LogP contribution in [0.2, 0.25) is 0 Å². The summed E-state index contributed by atoms with van der Waals surface area (Å²) < 4.78 is 5.37. The molecule has 6 nitrogen and oxygen atoms in total. The summed E-state index contributed by atoms with van der Waals surface area (Å²) in [6.45, 7) is 3.20. The van der Waals surface area contributed by atoms with Crippen LogP contribution in [0.15, 0.2) is 42.6 Å². The van der Waals surface area contributed by atoms with Crippen LogP contribution in [-0.2, 0) is 4.74 Å². The average Bonchev–Trinajstić information content (AvgIpc) is 3.06. The summed E-state index contributed by atoms with van der Waals surface area (Å²) in [4.78, 5) is 21.6. The first-order chi connectivity index (χ1) is 11.7. The molecule has 3 aromatic rings. The Morgan fingerprint density at radius 2 is 2.04 bits per heavy atom. The number of ether oxygens (including phenoxy) is 1. The molecule has 1 amide bonds. The van der Waals surface area contributed by atoms with E-state index < -0.39 is 5.91 Å². The number of rotatable bonds is 3. The van der Waals surface area contributed by atoms with E-state index in [4.69, 9.17) is 10.5 Å². The van der Waals surface area contributed by atoms with Gasteiger partial charge >= 0.3 is 0 Å². The van der Waals surface area contributed by atoms with Crippen molar-refractivity contribution in [2.75, 3.05) is 31.2 Å². The van der Waals surface area contributed by atoms with Gasteiger partial charge < -0.3 is 20.4 Å². The van der Waals surface area contributed by atoms with Gasteiger partial charge in [-0.2, -0.15) is 0 Å². The Labute approximate surface area is 139 Å². The Bertz CT molecular complexity index is 880. The molecule has 6 heteroatoms. The molecule has 0 spiro atoms. The highest BCUT2D eigenvalue weighted by Gasteiger charge is 2.13. The third-order valence-electron chi connectivity index (χ3n) is 4.32. The highest BCUT2D eigenvalue weighted by molar-refractivity contribution is 6.06. The maximum absolute atomic E-state index is 11.6. The Kier molecular flexibility index (Phi) is 3.66. The second-order valence-electron chi connectivity index (χ2n) is 5.82. The van der Waals surface area contributed by atoms with E-state index in [2.05, 4.69) is 14.9 Å². The molecular weight excluding hydrogens is 304 g/mol. The molecular formula is C18H18N4O2. The summed E-state index contributed by atoms with van der Waals surface area (Å²) in [5.41, 5.74) is 8.59. The molecule has 0 atom stereocenters. The van der Waals surface area contributed by atoms with Gasteiger partial charge in [-0.15, -0.1) is 0 Å². The Morgan fingerprint density at radius 3 is 2.75 bits per heavy atom. The summed E-state index contributed by atoms with van der Waals surface area (Å²) in [7, 11) is 0. The Hall–Kier alpha value is -2.86. The van der Waals surface area contributed by atoms with E-state index in [1.165, 1.54) is 0 Å². The number of H-pyrrole nitrogens is 1. The first-order valence-electron chi connectivity index (χ1n) is 7.93. The number of morpholine rings is 1. The monoisotopic (exact) mass is 322 g/mol. The number of hydrogen-bond acceptors (Lipinski definition) is 4. The zero-order valence-electron chi connectivity index (χ0n) is 13.2. The molecule has 1 aliphatic rings. The number of anilines is 1. The molecule has 0 radical (unpaired) electrons. The van der Waals surface area contributed by atoms with Gasteiger partial charge in [-0.3, -0.25) is 4.79 Å². The molecule has 24 heavy (non-hydrogen) atoms. The zero-order valence-corrected chi connectivity index (χ0v) is 13.2. The van der Waals surface area contributed by atoms with Gasteiger partial charge in [0, 0.05) is 35.9 Å². The van der Waals surface area contributed by atoms with E-state index in [0.29, 0.717) is 5.56 Å². The predicted molar refractivity (Wildman–Crippen MR) is 93.1 cm³/mol. The van der Waals surface area contributed by atoms with Crippen molar-refractivity contribution in [3.63, 3.8) is 0 Å². The lowest BCUT2D eigenvalue weighted by Crippen LogP contribution is -2.36. The van der Waals surface area contributed by atoms with Crippen molar-refractivity contribution < 1.29 is 9.53 Å². The van der Waals surface area contributed by atoms with E-state index >= 15 is 0 Å². The smallest absolute Gasteiger partial charge is 0.250 e. The topological polar surface area (TPSA) is 84.2 Å². The second kappa shape index (κ2) is 5.98. The van der Waals surface area contributed by atoms with Crippen molar-refractivity contribution in [1.29, 1.82) is 0 Å². The number of nitrogens with one attached hydrogen (secondary N) is 1. The van der Waals surface area contributed by atoms with Crippen LogP contribution in [0.1, 0.15) is 10.4 Å². The van der Waals surface area contributed by atoms with Gasteiger partial charge in [0.05, 0.1) is 24.3 Å².